The third-order valence-electron chi connectivity index (χ3n) is 20.6. The summed E-state index contributed by atoms with van der Waals surface area (Å²) in [6.45, 7) is 63.0. The maximum absolute atomic E-state index is 10.8. The highest BCUT2D eigenvalue weighted by Gasteiger charge is 2.16. The monoisotopic (exact) mass is 2750 g/mol. The minimum absolute atomic E-state index is 0. The Labute approximate surface area is 938 Å². The van der Waals surface area contributed by atoms with Gasteiger partial charge in [-0.05, 0) is 332 Å². The molecular weight excluding hydrogens is 2610 g/mol. The molecule has 0 aliphatic carbocycles. The van der Waals surface area contributed by atoms with Gasteiger partial charge in [0.05, 0.1) is 4.47 Å². The van der Waals surface area contributed by atoms with Gasteiger partial charge in [0, 0.05) is 79.6 Å². The lowest BCUT2D eigenvalue weighted by Crippen LogP contribution is -2.00. The van der Waals surface area contributed by atoms with Gasteiger partial charge >= 0.3 is 0 Å². The Balaban J connectivity index is -0.000000707. The molecule has 0 aromatic heterocycles. The molecule has 0 radical (unpaired) electrons. The number of phenols is 6. The van der Waals surface area contributed by atoms with Crippen molar-refractivity contribution in [1.29, 1.82) is 5.26 Å². The van der Waals surface area contributed by atoms with E-state index in [1.807, 2.05) is 119 Å². The van der Waals surface area contributed by atoms with Crippen LogP contribution >= 0.6 is 210 Å². The molecule has 11 aromatic carbocycles. The first-order valence-corrected chi connectivity index (χ1v) is 58.3. The number of nitrogens with zero attached hydrogens (tertiary/aromatic N) is 1. The second-order valence-electron chi connectivity index (χ2n) is 35.5. The van der Waals surface area contributed by atoms with Crippen molar-refractivity contribution in [2.75, 3.05) is 11.5 Å². The van der Waals surface area contributed by atoms with Crippen molar-refractivity contribution >= 4 is 223 Å². The fourth-order valence-electron chi connectivity index (χ4n) is 12.3. The van der Waals surface area contributed by atoms with Crippen molar-refractivity contribution in [2.24, 2.45) is 0 Å². The Bertz CT molecular complexity index is 5230. The normalized spacial score (nSPS) is 10.2. The molecule has 0 bridgehead atoms. The average Bonchev–Trinajstić information content (AvgIpc) is 0.839. The SMILES string of the molecule is BrBr.C.C.CC(C)c1cc(O)ccc1Br.CC(C)c1ccc(Br)c(O)c1.CC(C)c1cccc(O)c1.CI.Cc1cc(C(C)C)c(Br)cc1C=O.Cc1cc(C(C)C)c(Br)cc1O.Cc1cc(C(C)C)c(C=O)cc1Br.Cc1cc(C(C)C)c(O)cc1Br.Cc1cc(C(C)C)c(O)cc1Br.Cc1cc(C(C)C)c(OCC#N)cc1Br.Cc1cc(C(C)C)ccc1Br.Cc1ccc(Br)c(C(C)C)c1. The summed E-state index contributed by atoms with van der Waals surface area (Å²) in [5.74, 6) is 8.03. The summed E-state index contributed by atoms with van der Waals surface area (Å²) in [5.41, 5.74) is 23.9. The standard InChI is InChI=1S/C12H14BrNO.2C11H13BrO.3C10H13BrO.2C10H13Br.2C9H11BrO.C9H12O.CH3I.2CH4.Br2/c1-8(2)10-6-9(3)11(13)7-12(10)15-5-4-14;1-7(2)10-4-8(3)11(12)5-9(10)6-13;1-7(2)10-4-8(3)9(6-13)5-11(10)12;1-6(2)8-4-7(3)10(12)5-9(8)11;2*1-6(2)8-4-7(3)9(11)5-10(8)12;1-7(2)9-4-5-10(11)8(3)6-9;1-7(2)9-6-8(3)4-5-10(9)11;1-6(2)8-5-7(11)3-4-9(8)10;1-6(2)7-3-4-8(10)9(11)5-7;1-7(2)8-4-3-5-9(10)6-8;1-2;;;1-2/h6-8H,5H2,1-3H3;2*4-7H,1-3H3;3*4-6,12H,1-3H3;2*4-7H,1-3H3;2*3-6,11H,1-2H3;3-7,10H,1-2H3;1H3;2*1H4;. The maximum Gasteiger partial charge on any atom is 0.174 e. The molecule has 0 spiro atoms. The van der Waals surface area contributed by atoms with Crippen molar-refractivity contribution in [2.45, 2.75) is 288 Å². The molecule has 0 aliphatic heterocycles. The Morgan fingerprint density at radius 1 is 0.285 bits per heavy atom. The van der Waals surface area contributed by atoms with Gasteiger partial charge in [-0.3, -0.25) is 9.59 Å². The van der Waals surface area contributed by atoms with Crippen LogP contribution in [0.1, 0.15) is 359 Å². The van der Waals surface area contributed by atoms with Gasteiger partial charge in [-0.1, -0.05) is 418 Å². The number of rotatable bonds is 15. The Hall–Kier alpha value is -4.66. The van der Waals surface area contributed by atoms with Crippen LogP contribution in [0.15, 0.2) is 215 Å². The molecule has 23 heteroatoms. The number of aryl methyl sites for hydroxylation is 8. The number of aromatic hydroxyl groups is 6. The number of hydrogen-bond acceptors (Lipinski definition) is 10. The van der Waals surface area contributed by atoms with E-state index in [2.05, 4.69) is 431 Å². The predicted octanol–water partition coefficient (Wildman–Crippen LogP) is 42.8. The third-order valence-corrected chi connectivity index (χ3v) is 28.4. The Morgan fingerprint density at radius 2 is 0.599 bits per heavy atom. The summed E-state index contributed by atoms with van der Waals surface area (Å²) in [7, 11) is 0. The fourth-order valence-corrected chi connectivity index (χ4v) is 17.2. The smallest absolute Gasteiger partial charge is 0.174 e. The number of carbonyl (C=O) groups is 2. The van der Waals surface area contributed by atoms with E-state index in [4.69, 9.17) is 20.2 Å². The van der Waals surface area contributed by atoms with Crippen LogP contribution in [-0.2, 0) is 0 Å². The van der Waals surface area contributed by atoms with E-state index in [0.717, 1.165) is 121 Å². The quantitative estimate of drug-likeness (QED) is 0.0327. The van der Waals surface area contributed by atoms with E-state index >= 15 is 0 Å². The maximum atomic E-state index is 10.8. The van der Waals surface area contributed by atoms with Crippen LogP contribution in [0.2, 0.25) is 0 Å². The van der Waals surface area contributed by atoms with E-state index in [-0.39, 0.29) is 21.5 Å². The molecule has 0 unspecified atom stereocenters. The molecule has 0 atom stereocenters. The molecule has 0 saturated heterocycles. The summed E-state index contributed by atoms with van der Waals surface area (Å²) >= 11 is 41.8. The molecule has 10 nitrogen and oxygen atoms in total. The number of phenolic OH excluding ortho intramolecular Hbond substituents is 6. The first kappa shape index (κ1) is 139. The summed E-state index contributed by atoms with van der Waals surface area (Å²) in [4.78, 5) is 23.4. The topological polar surface area (TPSA) is 189 Å². The van der Waals surface area contributed by atoms with Gasteiger partial charge in [0.2, 0.25) is 0 Å². The van der Waals surface area contributed by atoms with Gasteiger partial charge in [-0.2, -0.15) is 5.26 Å². The lowest BCUT2D eigenvalue weighted by molar-refractivity contribution is 0.111. The minimum Gasteiger partial charge on any atom is -0.508 e. The van der Waals surface area contributed by atoms with Gasteiger partial charge in [-0.15, -0.1) is 0 Å². The predicted molar refractivity (Wildman–Crippen MR) is 644 cm³/mol. The number of nitriles is 1. The highest BCUT2D eigenvalue weighted by molar-refractivity contribution is 14.1. The number of hydrogen-bond donors (Lipinski definition) is 6. The highest BCUT2D eigenvalue weighted by Crippen LogP contribution is 2.38. The minimum atomic E-state index is 0. The molecule has 6 N–H and O–H groups in total. The van der Waals surface area contributed by atoms with Crippen molar-refractivity contribution in [3.63, 3.8) is 0 Å². The van der Waals surface area contributed by atoms with Gasteiger partial charge in [0.1, 0.15) is 58.9 Å². The summed E-state index contributed by atoms with van der Waals surface area (Å²) < 4.78 is 15.6. The number of halogens is 13. The van der Waals surface area contributed by atoms with Crippen LogP contribution in [0.4, 0.5) is 0 Å². The van der Waals surface area contributed by atoms with E-state index in [0.29, 0.717) is 99.6 Å². The van der Waals surface area contributed by atoms with Crippen molar-refractivity contribution in [1.82, 2.24) is 0 Å². The van der Waals surface area contributed by atoms with Crippen LogP contribution in [0.5, 0.6) is 40.2 Å². The highest BCUT2D eigenvalue weighted by atomic mass is 127. The fraction of sp³-hybridized carbons (Fsp3) is 0.395. The lowest BCUT2D eigenvalue weighted by atomic mass is 9.96. The van der Waals surface area contributed by atoms with E-state index < -0.39 is 0 Å². The van der Waals surface area contributed by atoms with Crippen LogP contribution in [0, 0.1) is 66.7 Å². The van der Waals surface area contributed by atoms with Crippen LogP contribution < -0.4 is 4.74 Å². The van der Waals surface area contributed by atoms with Crippen LogP contribution in [0.3, 0.4) is 0 Å². The molecule has 0 aliphatic rings. The molecule has 756 valence electrons. The van der Waals surface area contributed by atoms with Crippen LogP contribution in [-0.4, -0.2) is 54.7 Å². The molecular formula is C114H150Br12INO9. The summed E-state index contributed by atoms with van der Waals surface area (Å²) in [6, 6.07) is 56.6. The molecule has 0 saturated carbocycles. The summed E-state index contributed by atoms with van der Waals surface area (Å²) in [6.07, 6.45) is 1.81. The second kappa shape index (κ2) is 72.6. The van der Waals surface area contributed by atoms with Crippen molar-refractivity contribution in [3.05, 3.63) is 331 Å². The van der Waals surface area contributed by atoms with E-state index in [9.17, 15) is 30.0 Å². The average molecular weight is 2760 g/mol. The third kappa shape index (κ3) is 52.1. The molecule has 0 heterocycles. The first-order valence-electron chi connectivity index (χ1n) is 44.4. The zero-order valence-corrected chi connectivity index (χ0v) is 105. The van der Waals surface area contributed by atoms with E-state index in [1.165, 1.54) is 59.0 Å². The lowest BCUT2D eigenvalue weighted by Gasteiger charge is -2.14. The summed E-state index contributed by atoms with van der Waals surface area (Å²) in [5, 5.41) is 64.5. The Kier molecular flexibility index (Phi) is 73.4. The van der Waals surface area contributed by atoms with Crippen molar-refractivity contribution < 1.29 is 45.0 Å². The zero-order valence-electron chi connectivity index (χ0n) is 84.1. The molecule has 0 fully saturated rings. The Morgan fingerprint density at radius 3 is 0.971 bits per heavy atom. The molecule has 137 heavy (non-hydrogen) atoms. The van der Waals surface area contributed by atoms with Crippen LogP contribution in [0.25, 0.3) is 0 Å². The van der Waals surface area contributed by atoms with E-state index in [1.54, 1.807) is 48.5 Å². The van der Waals surface area contributed by atoms with Gasteiger partial charge in [0.15, 0.2) is 6.61 Å². The van der Waals surface area contributed by atoms with Gasteiger partial charge in [0.25, 0.3) is 0 Å². The van der Waals surface area contributed by atoms with Gasteiger partial charge < -0.3 is 35.4 Å². The largest absolute Gasteiger partial charge is 0.508 e. The molecule has 11 rings (SSSR count). The van der Waals surface area contributed by atoms with Gasteiger partial charge in [-0.25, -0.2) is 0 Å². The number of carbonyl (C=O) groups excluding carboxylic acids is 2. The van der Waals surface area contributed by atoms with Crippen molar-refractivity contribution in [3.8, 4) is 46.3 Å². The molecule has 11 aromatic rings. The number of alkyl halides is 1. The number of benzene rings is 11. The second-order valence-corrected chi connectivity index (χ2v) is 44.1. The number of ether oxygens (including phenoxy) is 1. The first-order chi connectivity index (χ1) is 62.9. The molecule has 0 amide bonds. The number of aldehydes is 2. The zero-order chi connectivity index (χ0) is 105.